The van der Waals surface area contributed by atoms with Gasteiger partial charge in [0.1, 0.15) is 4.90 Å². The quantitative estimate of drug-likeness (QED) is 0.741. The van der Waals surface area contributed by atoms with Crippen LogP contribution in [0.15, 0.2) is 29.9 Å². The number of carbonyl (C=O) groups is 1. The van der Waals surface area contributed by atoms with Gasteiger partial charge >= 0.3 is 5.97 Å². The van der Waals surface area contributed by atoms with E-state index >= 15 is 0 Å². The van der Waals surface area contributed by atoms with Crippen LogP contribution >= 0.6 is 0 Å². The smallest absolute Gasteiger partial charge is 0.332 e. The van der Waals surface area contributed by atoms with Crippen LogP contribution in [-0.4, -0.2) is 35.5 Å². The lowest BCUT2D eigenvalue weighted by Crippen LogP contribution is -2.16. The first-order chi connectivity index (χ1) is 6.86. The molecule has 1 atom stereocenters. The molecule has 1 rings (SSSR count). The second-order valence-corrected chi connectivity index (χ2v) is 4.96. The molecule has 82 valence electrons. The van der Waals surface area contributed by atoms with Crippen LogP contribution in [0.2, 0.25) is 0 Å². The highest BCUT2D eigenvalue weighted by Gasteiger charge is 2.18. The number of sulfone groups is 1. The molecule has 0 aliphatic carbocycles. The van der Waals surface area contributed by atoms with Crippen molar-refractivity contribution in [3.63, 3.8) is 0 Å². The van der Waals surface area contributed by atoms with Gasteiger partial charge in [0.2, 0.25) is 0 Å². The number of carboxylic acid groups (broad SMARTS) is 1. The molecule has 7 heteroatoms. The summed E-state index contributed by atoms with van der Waals surface area (Å²) in [6, 6.07) is -1.06. The third-order valence-electron chi connectivity index (χ3n) is 1.77. The number of aliphatic carboxylic acids is 1. The van der Waals surface area contributed by atoms with Gasteiger partial charge in [-0.1, -0.05) is 6.08 Å². The van der Waals surface area contributed by atoms with E-state index in [-0.39, 0.29) is 4.90 Å². The minimum absolute atomic E-state index is 0.0180. The Hall–Kier alpha value is -1.63. The largest absolute Gasteiger partial charge is 0.479 e. The summed E-state index contributed by atoms with van der Waals surface area (Å²) in [6.07, 6.45) is 4.46. The van der Waals surface area contributed by atoms with Crippen molar-refractivity contribution in [1.82, 2.24) is 9.78 Å². The molecule has 1 N–H and O–H groups in total. The normalized spacial score (nSPS) is 13.4. The number of carboxylic acids is 1. The molecular formula is C8H10N2O4S. The maximum atomic E-state index is 11.1. The van der Waals surface area contributed by atoms with Crippen LogP contribution in [0.1, 0.15) is 6.04 Å². The molecule has 0 amide bonds. The van der Waals surface area contributed by atoms with Crippen molar-refractivity contribution in [3.8, 4) is 0 Å². The summed E-state index contributed by atoms with van der Waals surface area (Å²) in [4.78, 5) is 10.7. The van der Waals surface area contributed by atoms with Crippen molar-refractivity contribution >= 4 is 15.8 Å². The maximum absolute atomic E-state index is 11.1. The molecule has 0 aliphatic heterocycles. The van der Waals surface area contributed by atoms with Gasteiger partial charge in [-0.05, 0) is 0 Å². The Morgan fingerprint density at radius 1 is 1.73 bits per heavy atom. The second-order valence-electron chi connectivity index (χ2n) is 2.95. The van der Waals surface area contributed by atoms with Crippen molar-refractivity contribution in [2.75, 3.05) is 6.26 Å². The number of nitrogens with zero attached hydrogens (tertiary/aromatic N) is 2. The molecule has 1 unspecified atom stereocenters. The highest BCUT2D eigenvalue weighted by atomic mass is 32.2. The summed E-state index contributed by atoms with van der Waals surface area (Å²) in [7, 11) is -3.36. The van der Waals surface area contributed by atoms with Crippen LogP contribution in [0.3, 0.4) is 0 Å². The van der Waals surface area contributed by atoms with Crippen LogP contribution in [0.5, 0.6) is 0 Å². The first-order valence-electron chi connectivity index (χ1n) is 3.96. The Morgan fingerprint density at radius 2 is 2.33 bits per heavy atom. The molecule has 0 fully saturated rings. The van der Waals surface area contributed by atoms with E-state index in [0.717, 1.165) is 23.3 Å². The van der Waals surface area contributed by atoms with Gasteiger partial charge in [-0.25, -0.2) is 13.2 Å². The van der Waals surface area contributed by atoms with E-state index < -0.39 is 21.8 Å². The number of aromatic nitrogens is 2. The standard InChI is InChI=1S/C8H10N2O4S/c1-3-7(8(11)12)10-5-6(4-9-10)15(2,13)14/h3-5,7H,1H2,2H3,(H,11,12). The fraction of sp³-hybridized carbons (Fsp3) is 0.250. The predicted molar refractivity (Wildman–Crippen MR) is 52.2 cm³/mol. The summed E-state index contributed by atoms with van der Waals surface area (Å²) in [5.74, 6) is -1.15. The van der Waals surface area contributed by atoms with Gasteiger partial charge in [-0.15, -0.1) is 6.58 Å². The molecule has 0 saturated heterocycles. The van der Waals surface area contributed by atoms with E-state index in [9.17, 15) is 13.2 Å². The van der Waals surface area contributed by atoms with Crippen molar-refractivity contribution in [1.29, 1.82) is 0 Å². The zero-order valence-corrected chi connectivity index (χ0v) is 8.81. The lowest BCUT2D eigenvalue weighted by Gasteiger charge is -2.06. The summed E-state index contributed by atoms with van der Waals surface area (Å²) in [5.41, 5.74) is 0. The Kier molecular flexibility index (Phi) is 2.94. The topological polar surface area (TPSA) is 89.3 Å². The molecule has 15 heavy (non-hydrogen) atoms. The molecule has 1 aromatic rings. The van der Waals surface area contributed by atoms with Crippen LogP contribution in [-0.2, 0) is 14.6 Å². The molecule has 0 radical (unpaired) electrons. The van der Waals surface area contributed by atoms with Crippen LogP contribution in [0.25, 0.3) is 0 Å². The van der Waals surface area contributed by atoms with Crippen molar-refractivity contribution in [3.05, 3.63) is 25.0 Å². The number of rotatable bonds is 4. The fourth-order valence-corrected chi connectivity index (χ4v) is 1.52. The van der Waals surface area contributed by atoms with E-state index in [4.69, 9.17) is 5.11 Å². The molecule has 0 saturated carbocycles. The van der Waals surface area contributed by atoms with E-state index in [2.05, 4.69) is 11.7 Å². The first-order valence-corrected chi connectivity index (χ1v) is 5.85. The number of hydrogen-bond donors (Lipinski definition) is 1. The average molecular weight is 230 g/mol. The van der Waals surface area contributed by atoms with E-state index in [1.165, 1.54) is 6.08 Å². The van der Waals surface area contributed by atoms with Crippen molar-refractivity contribution in [2.24, 2.45) is 0 Å². The van der Waals surface area contributed by atoms with Crippen molar-refractivity contribution < 1.29 is 18.3 Å². The summed E-state index contributed by atoms with van der Waals surface area (Å²) in [6.45, 7) is 3.34. The Morgan fingerprint density at radius 3 is 2.67 bits per heavy atom. The van der Waals surface area contributed by atoms with Gasteiger partial charge in [0, 0.05) is 12.5 Å². The molecular weight excluding hydrogens is 220 g/mol. The van der Waals surface area contributed by atoms with E-state index in [1.807, 2.05) is 0 Å². The van der Waals surface area contributed by atoms with Crippen LogP contribution in [0.4, 0.5) is 0 Å². The minimum Gasteiger partial charge on any atom is -0.479 e. The van der Waals surface area contributed by atoms with E-state index in [0.29, 0.717) is 0 Å². The first kappa shape index (κ1) is 11.4. The lowest BCUT2D eigenvalue weighted by molar-refractivity contribution is -0.139. The van der Waals surface area contributed by atoms with Gasteiger partial charge in [0.25, 0.3) is 0 Å². The van der Waals surface area contributed by atoms with Gasteiger partial charge in [0.05, 0.1) is 6.20 Å². The Balaban J connectivity index is 3.13. The van der Waals surface area contributed by atoms with Gasteiger partial charge in [0.15, 0.2) is 15.9 Å². The van der Waals surface area contributed by atoms with Gasteiger partial charge < -0.3 is 5.11 Å². The SMILES string of the molecule is C=CC(C(=O)O)n1cc(S(C)(=O)=O)cn1. The summed E-state index contributed by atoms with van der Waals surface area (Å²) >= 11 is 0. The highest BCUT2D eigenvalue weighted by molar-refractivity contribution is 7.90. The molecule has 0 spiro atoms. The summed E-state index contributed by atoms with van der Waals surface area (Å²) < 4.78 is 23.2. The third kappa shape index (κ3) is 2.44. The molecule has 6 nitrogen and oxygen atoms in total. The average Bonchev–Trinajstić information content (AvgIpc) is 2.52. The van der Waals surface area contributed by atoms with Gasteiger partial charge in [-0.2, -0.15) is 5.10 Å². The Bertz CT molecular complexity index is 488. The maximum Gasteiger partial charge on any atom is 0.332 e. The molecule has 0 bridgehead atoms. The van der Waals surface area contributed by atoms with Gasteiger partial charge in [-0.3, -0.25) is 4.68 Å². The zero-order valence-electron chi connectivity index (χ0n) is 7.99. The summed E-state index contributed by atoms with van der Waals surface area (Å²) in [5, 5.41) is 12.4. The Labute approximate surface area is 86.8 Å². The molecule has 0 aliphatic rings. The molecule has 1 heterocycles. The minimum atomic E-state index is -3.36. The fourth-order valence-electron chi connectivity index (χ4n) is 0.986. The van der Waals surface area contributed by atoms with Crippen LogP contribution in [0, 0.1) is 0 Å². The third-order valence-corrected chi connectivity index (χ3v) is 2.83. The van der Waals surface area contributed by atoms with Crippen LogP contribution < -0.4 is 0 Å². The predicted octanol–water partition coefficient (Wildman–Crippen LogP) is 0.0983. The highest BCUT2D eigenvalue weighted by Crippen LogP contribution is 2.12. The zero-order chi connectivity index (χ0) is 11.6. The van der Waals surface area contributed by atoms with E-state index in [1.54, 1.807) is 0 Å². The van der Waals surface area contributed by atoms with Crippen molar-refractivity contribution in [2.45, 2.75) is 10.9 Å². The molecule has 1 aromatic heterocycles. The second kappa shape index (κ2) is 3.85. The lowest BCUT2D eigenvalue weighted by atomic mass is 10.3. The molecule has 0 aromatic carbocycles. The number of hydrogen-bond acceptors (Lipinski definition) is 4. The monoisotopic (exact) mass is 230 g/mol.